The summed E-state index contributed by atoms with van der Waals surface area (Å²) in [5, 5.41) is 18.5. The lowest BCUT2D eigenvalue weighted by Gasteiger charge is -2.05. The van der Waals surface area contributed by atoms with Crippen LogP contribution in [-0.4, -0.2) is 26.2 Å². The van der Waals surface area contributed by atoms with Gasteiger partial charge < -0.3 is 19.4 Å². The second kappa shape index (κ2) is 5.22. The molecule has 0 amide bonds. The molecule has 3 rings (SSSR count). The molecule has 0 aliphatic rings. The lowest BCUT2D eigenvalue weighted by atomic mass is 10.2. The zero-order chi connectivity index (χ0) is 14.8. The summed E-state index contributed by atoms with van der Waals surface area (Å²) in [7, 11) is 0. The number of fused-ring (bicyclic) bond motifs is 1. The van der Waals surface area contributed by atoms with Crippen LogP contribution >= 0.6 is 0 Å². The molecule has 0 fully saturated rings. The van der Waals surface area contributed by atoms with E-state index >= 15 is 0 Å². The minimum absolute atomic E-state index is 0.0983. The molecule has 0 bridgehead atoms. The summed E-state index contributed by atoms with van der Waals surface area (Å²) in [6.45, 7) is -0.210. The molecular formula is C14H10N2O5. The van der Waals surface area contributed by atoms with Crippen LogP contribution < -0.4 is 4.74 Å². The minimum atomic E-state index is -1.05. The number of aliphatic hydroxyl groups excluding tert-OH is 1. The highest BCUT2D eigenvalue weighted by molar-refractivity contribution is 6.02. The first-order valence-electron chi connectivity index (χ1n) is 6.01. The third-order valence-electron chi connectivity index (χ3n) is 2.86. The van der Waals surface area contributed by atoms with Gasteiger partial charge in [0.2, 0.25) is 5.88 Å². The number of nitrogens with zero attached hydrogens (tertiary/aromatic N) is 2. The van der Waals surface area contributed by atoms with Crippen LogP contribution in [0.3, 0.4) is 0 Å². The van der Waals surface area contributed by atoms with Crippen LogP contribution in [0.5, 0.6) is 11.6 Å². The van der Waals surface area contributed by atoms with Gasteiger partial charge in [0.05, 0.1) is 12.3 Å². The Balaban J connectivity index is 1.92. The van der Waals surface area contributed by atoms with Gasteiger partial charge in [0.25, 0.3) is 0 Å². The molecule has 2 N–H and O–H groups in total. The monoisotopic (exact) mass is 286 g/mol. The molecule has 21 heavy (non-hydrogen) atoms. The van der Waals surface area contributed by atoms with Crippen molar-refractivity contribution in [2.75, 3.05) is 0 Å². The maximum Gasteiger partial charge on any atom is 0.339 e. The number of carbonyl (C=O) groups is 1. The van der Waals surface area contributed by atoms with E-state index in [0.717, 1.165) is 0 Å². The lowest BCUT2D eigenvalue weighted by Crippen LogP contribution is -1.94. The number of hydrogen-bond acceptors (Lipinski definition) is 6. The van der Waals surface area contributed by atoms with Gasteiger partial charge in [-0.25, -0.2) is 14.8 Å². The number of ether oxygens (including phenoxy) is 1. The van der Waals surface area contributed by atoms with E-state index in [-0.39, 0.29) is 18.1 Å². The van der Waals surface area contributed by atoms with E-state index < -0.39 is 5.97 Å². The zero-order valence-corrected chi connectivity index (χ0v) is 10.7. The fraction of sp³-hybridized carbons (Fsp3) is 0.0714. The third kappa shape index (κ3) is 2.54. The average Bonchev–Trinajstić information content (AvgIpc) is 2.90. The topological polar surface area (TPSA) is 106 Å². The molecule has 0 unspecified atom stereocenters. The van der Waals surface area contributed by atoms with Crippen LogP contribution in [0.1, 0.15) is 16.1 Å². The molecule has 1 aromatic carbocycles. The van der Waals surface area contributed by atoms with Gasteiger partial charge in [-0.3, -0.25) is 0 Å². The van der Waals surface area contributed by atoms with E-state index in [9.17, 15) is 4.79 Å². The number of hydrogen-bond donors (Lipinski definition) is 2. The van der Waals surface area contributed by atoms with Crippen LogP contribution in [0.4, 0.5) is 0 Å². The Morgan fingerprint density at radius 3 is 2.90 bits per heavy atom. The van der Waals surface area contributed by atoms with Crippen molar-refractivity contribution in [1.29, 1.82) is 0 Å². The van der Waals surface area contributed by atoms with Gasteiger partial charge in [0.1, 0.15) is 29.5 Å². The Morgan fingerprint density at radius 2 is 2.14 bits per heavy atom. The fourth-order valence-corrected chi connectivity index (χ4v) is 1.88. The van der Waals surface area contributed by atoms with Gasteiger partial charge in [0.15, 0.2) is 0 Å². The summed E-state index contributed by atoms with van der Waals surface area (Å²) in [5.74, 6) is -0.333. The van der Waals surface area contributed by atoms with Crippen molar-refractivity contribution >= 4 is 16.9 Å². The lowest BCUT2D eigenvalue weighted by molar-refractivity contribution is 0.0698. The van der Waals surface area contributed by atoms with Gasteiger partial charge in [-0.2, -0.15) is 0 Å². The first-order valence-corrected chi connectivity index (χ1v) is 6.01. The molecule has 0 aliphatic heterocycles. The number of benzene rings is 1. The van der Waals surface area contributed by atoms with E-state index in [0.29, 0.717) is 22.4 Å². The minimum Gasteiger partial charge on any atom is -0.478 e. The molecule has 0 aliphatic carbocycles. The Kier molecular flexibility index (Phi) is 3.25. The number of rotatable bonds is 4. The predicted octanol–water partition coefficient (Wildman–Crippen LogP) is 2.21. The Labute approximate surface area is 118 Å². The predicted molar refractivity (Wildman–Crippen MR) is 71.2 cm³/mol. The number of aromatic carboxylic acids is 1. The summed E-state index contributed by atoms with van der Waals surface area (Å²) in [5.41, 5.74) is 0.940. The quantitative estimate of drug-likeness (QED) is 0.757. The van der Waals surface area contributed by atoms with Crippen molar-refractivity contribution in [2.45, 2.75) is 6.61 Å². The number of carboxylic acids is 1. The second-order valence-electron chi connectivity index (χ2n) is 4.22. The van der Waals surface area contributed by atoms with Crippen LogP contribution in [0.2, 0.25) is 0 Å². The highest BCUT2D eigenvalue weighted by Crippen LogP contribution is 2.28. The van der Waals surface area contributed by atoms with Gasteiger partial charge in [0, 0.05) is 17.5 Å². The Bertz CT molecular complexity index is 812. The van der Waals surface area contributed by atoms with Crippen molar-refractivity contribution in [3.8, 4) is 11.6 Å². The van der Waals surface area contributed by atoms with E-state index in [1.54, 1.807) is 18.2 Å². The van der Waals surface area contributed by atoms with Gasteiger partial charge >= 0.3 is 5.97 Å². The maximum atomic E-state index is 11.0. The van der Waals surface area contributed by atoms with E-state index in [1.807, 2.05) is 0 Å². The van der Waals surface area contributed by atoms with Crippen LogP contribution in [-0.2, 0) is 6.61 Å². The summed E-state index contributed by atoms with van der Waals surface area (Å²) in [6, 6.07) is 6.30. The molecule has 3 aromatic rings. The van der Waals surface area contributed by atoms with E-state index in [2.05, 4.69) is 9.97 Å². The molecular weight excluding hydrogens is 276 g/mol. The van der Waals surface area contributed by atoms with Crippen molar-refractivity contribution < 1.29 is 24.2 Å². The van der Waals surface area contributed by atoms with Crippen molar-refractivity contribution in [1.82, 2.24) is 9.97 Å². The molecule has 106 valence electrons. The first-order chi connectivity index (χ1) is 10.2. The molecule has 0 atom stereocenters. The number of aromatic nitrogens is 2. The van der Waals surface area contributed by atoms with Gasteiger partial charge in [-0.15, -0.1) is 0 Å². The molecule has 0 radical (unpaired) electrons. The highest BCUT2D eigenvalue weighted by atomic mass is 16.5. The first kappa shape index (κ1) is 13.1. The highest BCUT2D eigenvalue weighted by Gasteiger charge is 2.13. The molecule has 7 nitrogen and oxygen atoms in total. The molecule has 7 heteroatoms. The number of aliphatic hydroxyl groups is 1. The summed E-state index contributed by atoms with van der Waals surface area (Å²) >= 11 is 0. The molecule has 0 saturated carbocycles. The summed E-state index contributed by atoms with van der Waals surface area (Å²) in [6.07, 6.45) is 2.47. The third-order valence-corrected chi connectivity index (χ3v) is 2.86. The van der Waals surface area contributed by atoms with Crippen LogP contribution in [0.15, 0.2) is 41.3 Å². The van der Waals surface area contributed by atoms with Gasteiger partial charge in [-0.1, -0.05) is 0 Å². The van der Waals surface area contributed by atoms with E-state index in [1.165, 1.54) is 18.7 Å². The van der Waals surface area contributed by atoms with Crippen molar-refractivity contribution in [2.24, 2.45) is 0 Å². The number of furan rings is 1. The van der Waals surface area contributed by atoms with Crippen molar-refractivity contribution in [3.63, 3.8) is 0 Å². The van der Waals surface area contributed by atoms with E-state index in [4.69, 9.17) is 19.4 Å². The molecule has 0 saturated heterocycles. The Hall–Kier alpha value is -2.93. The molecule has 2 heterocycles. The summed E-state index contributed by atoms with van der Waals surface area (Å²) in [4.78, 5) is 18.8. The zero-order valence-electron chi connectivity index (χ0n) is 10.7. The van der Waals surface area contributed by atoms with Crippen molar-refractivity contribution in [3.05, 3.63) is 48.1 Å². The normalized spacial score (nSPS) is 10.7. The number of carboxylic acid groups (broad SMARTS) is 1. The largest absolute Gasteiger partial charge is 0.478 e. The Morgan fingerprint density at radius 1 is 1.29 bits per heavy atom. The smallest absolute Gasteiger partial charge is 0.339 e. The van der Waals surface area contributed by atoms with Crippen LogP contribution in [0.25, 0.3) is 11.0 Å². The standard InChI is InChI=1S/C14H10N2O5/c17-5-8-3-13(16-7-15-8)21-9-1-2-10-11(14(18)19)6-20-12(10)4-9/h1-4,6-7,17H,5H2,(H,18,19). The average molecular weight is 286 g/mol. The fourth-order valence-electron chi connectivity index (χ4n) is 1.88. The molecule has 0 spiro atoms. The van der Waals surface area contributed by atoms with Gasteiger partial charge in [-0.05, 0) is 12.1 Å². The SMILES string of the molecule is O=C(O)c1coc2cc(Oc3cc(CO)ncn3)ccc12. The summed E-state index contributed by atoms with van der Waals surface area (Å²) < 4.78 is 10.7. The molecule has 2 aromatic heterocycles. The maximum absolute atomic E-state index is 11.0. The second-order valence-corrected chi connectivity index (χ2v) is 4.22. The van der Waals surface area contributed by atoms with Crippen LogP contribution in [0, 0.1) is 0 Å².